The van der Waals surface area contributed by atoms with E-state index in [-0.39, 0.29) is 29.8 Å². The van der Waals surface area contributed by atoms with Crippen molar-refractivity contribution in [1.82, 2.24) is 19.7 Å². The molecule has 2 aliphatic rings. The van der Waals surface area contributed by atoms with Crippen molar-refractivity contribution in [3.8, 4) is 0 Å². The first-order valence-electron chi connectivity index (χ1n) is 10.6. The number of nitrogens with zero attached hydrogens (tertiary/aromatic N) is 4. The van der Waals surface area contributed by atoms with Crippen LogP contribution in [0, 0.1) is 0 Å². The molecule has 5 rings (SSSR count). The Kier molecular flexibility index (Phi) is 5.40. The third-order valence-corrected chi connectivity index (χ3v) is 7.17. The van der Waals surface area contributed by atoms with Crippen LogP contribution in [0.15, 0.2) is 48.2 Å². The van der Waals surface area contributed by atoms with Gasteiger partial charge in [-0.15, -0.1) is 11.3 Å². The first-order chi connectivity index (χ1) is 15.4. The summed E-state index contributed by atoms with van der Waals surface area (Å²) in [6.07, 6.45) is 2.67. The topological polar surface area (TPSA) is 63.1 Å². The molecule has 2 aliphatic heterocycles. The molecule has 1 saturated heterocycles. The summed E-state index contributed by atoms with van der Waals surface area (Å²) in [5.74, 6) is -0.169. The number of amides is 1. The Labute approximate surface area is 187 Å². The number of likely N-dealkylation sites (tertiary alicyclic amines) is 1. The number of anilines is 1. The first-order valence-corrected chi connectivity index (χ1v) is 11.5. The van der Waals surface area contributed by atoms with Gasteiger partial charge < -0.3 is 10.2 Å². The van der Waals surface area contributed by atoms with E-state index in [0.717, 1.165) is 34.4 Å². The number of hydrogen-bond donors (Lipinski definition) is 1. The van der Waals surface area contributed by atoms with Gasteiger partial charge in [-0.1, -0.05) is 12.1 Å². The maximum absolute atomic E-state index is 13.9. The SMILES string of the molecule is O=C(c1cnn2c1N[C@@H](c1cccs1)C[C@@H]2C(F)(F)F)N1CCCC[C@@H]1c1cccnc1. The number of fused-ring (bicyclic) bond motifs is 1. The molecule has 3 atom stereocenters. The second-order valence-corrected chi connectivity index (χ2v) is 9.13. The molecule has 0 aromatic carbocycles. The zero-order valence-corrected chi connectivity index (χ0v) is 17.9. The van der Waals surface area contributed by atoms with Crippen LogP contribution in [0.1, 0.15) is 64.6 Å². The molecule has 10 heteroatoms. The predicted octanol–water partition coefficient (Wildman–Crippen LogP) is 5.37. The van der Waals surface area contributed by atoms with E-state index in [1.165, 1.54) is 17.5 Å². The molecular formula is C22H22F3N5OS. The summed E-state index contributed by atoms with van der Waals surface area (Å²) in [6, 6.07) is 4.91. The average Bonchev–Trinajstić information content (AvgIpc) is 3.48. The summed E-state index contributed by atoms with van der Waals surface area (Å²) in [4.78, 5) is 20.3. The summed E-state index contributed by atoms with van der Waals surface area (Å²) in [6.45, 7) is 0.542. The van der Waals surface area contributed by atoms with Crippen LogP contribution in [-0.4, -0.2) is 38.3 Å². The number of halogens is 3. The minimum absolute atomic E-state index is 0.137. The van der Waals surface area contributed by atoms with E-state index in [4.69, 9.17) is 0 Å². The van der Waals surface area contributed by atoms with Crippen molar-refractivity contribution in [2.45, 2.75) is 50.0 Å². The maximum atomic E-state index is 13.9. The maximum Gasteiger partial charge on any atom is 0.410 e. The first kappa shape index (κ1) is 21.0. The van der Waals surface area contributed by atoms with Crippen molar-refractivity contribution in [3.63, 3.8) is 0 Å². The van der Waals surface area contributed by atoms with E-state index < -0.39 is 18.3 Å². The highest BCUT2D eigenvalue weighted by molar-refractivity contribution is 7.10. The lowest BCUT2D eigenvalue weighted by molar-refractivity contribution is -0.173. The lowest BCUT2D eigenvalue weighted by Crippen LogP contribution is -2.40. The van der Waals surface area contributed by atoms with E-state index in [1.54, 1.807) is 17.3 Å². The fourth-order valence-electron chi connectivity index (χ4n) is 4.64. The Balaban J connectivity index is 1.51. The number of pyridine rings is 1. The Morgan fingerprint density at radius 3 is 2.78 bits per heavy atom. The van der Waals surface area contributed by atoms with Crippen molar-refractivity contribution >= 4 is 23.1 Å². The Morgan fingerprint density at radius 1 is 1.19 bits per heavy atom. The van der Waals surface area contributed by atoms with Gasteiger partial charge in [0.25, 0.3) is 5.91 Å². The smallest absolute Gasteiger partial charge is 0.362 e. The van der Waals surface area contributed by atoms with Gasteiger partial charge in [0.05, 0.1) is 18.3 Å². The molecule has 168 valence electrons. The Hall–Kier alpha value is -2.88. The Bertz CT molecular complexity index is 1080. The number of hydrogen-bond acceptors (Lipinski definition) is 5. The van der Waals surface area contributed by atoms with E-state index in [9.17, 15) is 18.0 Å². The van der Waals surface area contributed by atoms with E-state index in [2.05, 4.69) is 15.4 Å². The van der Waals surface area contributed by atoms with Crippen LogP contribution in [0.5, 0.6) is 0 Å². The average molecular weight is 462 g/mol. The number of rotatable bonds is 3. The van der Waals surface area contributed by atoms with E-state index in [1.807, 2.05) is 29.6 Å². The molecule has 0 radical (unpaired) electrons. The van der Waals surface area contributed by atoms with Gasteiger partial charge in [0, 0.05) is 30.2 Å². The van der Waals surface area contributed by atoms with Crippen LogP contribution in [0.25, 0.3) is 0 Å². The molecule has 3 aromatic rings. The zero-order valence-electron chi connectivity index (χ0n) is 17.1. The second-order valence-electron chi connectivity index (χ2n) is 8.15. The zero-order chi connectivity index (χ0) is 22.3. The highest BCUT2D eigenvalue weighted by atomic mass is 32.1. The molecule has 0 saturated carbocycles. The number of thiophene rings is 1. The minimum atomic E-state index is -4.47. The fourth-order valence-corrected chi connectivity index (χ4v) is 5.43. The summed E-state index contributed by atoms with van der Waals surface area (Å²) in [7, 11) is 0. The number of piperidine rings is 1. The number of carbonyl (C=O) groups is 1. The molecule has 0 spiro atoms. The van der Waals surface area contributed by atoms with E-state index >= 15 is 0 Å². The monoisotopic (exact) mass is 461 g/mol. The van der Waals surface area contributed by atoms with Crippen LogP contribution in [0.2, 0.25) is 0 Å². The number of alkyl halides is 3. The molecule has 6 nitrogen and oxygen atoms in total. The van der Waals surface area contributed by atoms with Crippen molar-refractivity contribution < 1.29 is 18.0 Å². The number of aromatic nitrogens is 3. The van der Waals surface area contributed by atoms with Gasteiger partial charge in [-0.25, -0.2) is 4.68 Å². The molecule has 32 heavy (non-hydrogen) atoms. The van der Waals surface area contributed by atoms with Gasteiger partial charge in [-0.05, 0) is 42.3 Å². The standard InChI is InChI=1S/C22H22F3N5OS/c23-22(24,25)19-11-16(18-7-4-10-32-18)28-20-15(13-27-30(19)20)21(31)29-9-2-1-6-17(29)14-5-3-8-26-12-14/h3-5,7-8,10,12-13,16-17,19,28H,1-2,6,9,11H2/t16-,17-,19-/m1/s1. The summed E-state index contributed by atoms with van der Waals surface area (Å²) in [5, 5.41) is 9.02. The summed E-state index contributed by atoms with van der Waals surface area (Å²) >= 11 is 1.40. The number of nitrogens with one attached hydrogen (secondary N) is 1. The second kappa shape index (κ2) is 8.23. The third kappa shape index (κ3) is 3.76. The van der Waals surface area contributed by atoms with Crippen LogP contribution in [0.3, 0.4) is 0 Å². The third-order valence-electron chi connectivity index (χ3n) is 6.19. The van der Waals surface area contributed by atoms with Crippen LogP contribution in [-0.2, 0) is 0 Å². The van der Waals surface area contributed by atoms with Gasteiger partial charge in [0.15, 0.2) is 6.04 Å². The summed E-state index contributed by atoms with van der Waals surface area (Å²) < 4.78 is 42.6. The van der Waals surface area contributed by atoms with Gasteiger partial charge in [-0.3, -0.25) is 9.78 Å². The molecule has 5 heterocycles. The molecule has 0 unspecified atom stereocenters. The van der Waals surface area contributed by atoms with Crippen molar-refractivity contribution in [3.05, 3.63) is 64.2 Å². The molecule has 0 aliphatic carbocycles. The van der Waals surface area contributed by atoms with E-state index in [0.29, 0.717) is 6.54 Å². The lowest BCUT2D eigenvalue weighted by atomic mass is 9.95. The quantitative estimate of drug-likeness (QED) is 0.570. The normalized spacial score (nSPS) is 23.5. The van der Waals surface area contributed by atoms with Crippen molar-refractivity contribution in [1.29, 1.82) is 0 Å². The largest absolute Gasteiger partial charge is 0.410 e. The van der Waals surface area contributed by atoms with Crippen molar-refractivity contribution in [2.24, 2.45) is 0 Å². The van der Waals surface area contributed by atoms with Crippen LogP contribution < -0.4 is 5.32 Å². The number of carbonyl (C=O) groups excluding carboxylic acids is 1. The van der Waals surface area contributed by atoms with Crippen molar-refractivity contribution in [2.75, 3.05) is 11.9 Å². The molecule has 1 fully saturated rings. The minimum Gasteiger partial charge on any atom is -0.362 e. The molecule has 1 N–H and O–H groups in total. The molecule has 1 amide bonds. The fraction of sp³-hybridized carbons (Fsp3) is 0.409. The highest BCUT2D eigenvalue weighted by Gasteiger charge is 2.48. The van der Waals surface area contributed by atoms with Gasteiger partial charge in [0.1, 0.15) is 11.4 Å². The van der Waals surface area contributed by atoms with Gasteiger partial charge in [0.2, 0.25) is 0 Å². The molecule has 0 bridgehead atoms. The predicted molar refractivity (Wildman–Crippen MR) is 114 cm³/mol. The van der Waals surface area contributed by atoms with Gasteiger partial charge >= 0.3 is 6.18 Å². The van der Waals surface area contributed by atoms with Crippen LogP contribution in [0.4, 0.5) is 19.0 Å². The highest BCUT2D eigenvalue weighted by Crippen LogP contribution is 2.45. The molecule has 3 aromatic heterocycles. The lowest BCUT2D eigenvalue weighted by Gasteiger charge is -2.37. The van der Waals surface area contributed by atoms with Crippen LogP contribution >= 0.6 is 11.3 Å². The Morgan fingerprint density at radius 2 is 2.06 bits per heavy atom. The van der Waals surface area contributed by atoms with Gasteiger partial charge in [-0.2, -0.15) is 18.3 Å². The summed E-state index contributed by atoms with van der Waals surface area (Å²) in [5.41, 5.74) is 1.11. The molecular weight excluding hydrogens is 439 g/mol.